The number of nitrogens with one attached hydrogen (secondary N) is 1. The van der Waals surface area contributed by atoms with E-state index in [0.717, 1.165) is 49.6 Å². The van der Waals surface area contributed by atoms with Gasteiger partial charge in [0.2, 0.25) is 11.9 Å². The van der Waals surface area contributed by atoms with E-state index in [1.165, 1.54) is 0 Å². The van der Waals surface area contributed by atoms with Crippen molar-refractivity contribution in [3.05, 3.63) is 17.5 Å². The van der Waals surface area contributed by atoms with E-state index in [2.05, 4.69) is 29.0 Å². The van der Waals surface area contributed by atoms with Crippen molar-refractivity contribution in [2.24, 2.45) is 5.41 Å². The largest absolute Gasteiger partial charge is 0.372 e. The zero-order valence-corrected chi connectivity index (χ0v) is 16.0. The molecule has 1 N–H and O–H groups in total. The fourth-order valence-corrected chi connectivity index (χ4v) is 3.55. The van der Waals surface area contributed by atoms with E-state index in [1.807, 2.05) is 27.0 Å². The Morgan fingerprint density at radius 2 is 1.96 bits per heavy atom. The molecule has 1 aromatic heterocycles. The van der Waals surface area contributed by atoms with Gasteiger partial charge < -0.3 is 15.0 Å². The molecule has 1 aromatic rings. The van der Waals surface area contributed by atoms with Crippen molar-refractivity contribution in [3.8, 4) is 0 Å². The molecule has 1 fully saturated rings. The molecular weight excluding hydrogens is 316 g/mol. The van der Waals surface area contributed by atoms with Crippen molar-refractivity contribution in [1.82, 2.24) is 15.3 Å². The summed E-state index contributed by atoms with van der Waals surface area (Å²) in [6.45, 7) is 11.6. The Labute approximate surface area is 150 Å². The molecule has 0 radical (unpaired) electrons. The molecule has 3 atom stereocenters. The number of aryl methyl sites for hydroxylation is 1. The minimum Gasteiger partial charge on any atom is -0.372 e. The molecule has 6 heteroatoms. The quantitative estimate of drug-likeness (QED) is 0.892. The number of anilines is 1. The molecule has 1 saturated heterocycles. The standard InChI is InChI=1S/C19H30N4O2/c1-12-10-23(11-13(2)25-12)18-20-9-14-15(7-6-8-16(14)22-18)21-17(24)19(3,4)5/h9,12-13,15H,6-8,10-11H2,1-5H3,(H,21,24)/t12-,13-,15-/m1/s1. The number of hydrogen-bond donors (Lipinski definition) is 1. The molecule has 0 unspecified atom stereocenters. The monoisotopic (exact) mass is 346 g/mol. The summed E-state index contributed by atoms with van der Waals surface area (Å²) in [5.74, 6) is 0.855. The number of ether oxygens (including phenoxy) is 1. The van der Waals surface area contributed by atoms with Gasteiger partial charge in [0.15, 0.2) is 0 Å². The van der Waals surface area contributed by atoms with Crippen LogP contribution in [-0.2, 0) is 16.0 Å². The summed E-state index contributed by atoms with van der Waals surface area (Å²) < 4.78 is 5.80. The van der Waals surface area contributed by atoms with Gasteiger partial charge in [-0.15, -0.1) is 0 Å². The normalized spacial score (nSPS) is 26.9. The number of hydrogen-bond acceptors (Lipinski definition) is 5. The minimum atomic E-state index is -0.390. The lowest BCUT2D eigenvalue weighted by molar-refractivity contribution is -0.129. The predicted molar refractivity (Wildman–Crippen MR) is 97.5 cm³/mol. The van der Waals surface area contributed by atoms with Crippen molar-refractivity contribution < 1.29 is 9.53 Å². The number of amides is 1. The van der Waals surface area contributed by atoms with Crippen LogP contribution in [0.5, 0.6) is 0 Å². The molecule has 0 bridgehead atoms. The van der Waals surface area contributed by atoms with Gasteiger partial charge in [-0.1, -0.05) is 20.8 Å². The summed E-state index contributed by atoms with van der Waals surface area (Å²) in [5, 5.41) is 3.18. The zero-order chi connectivity index (χ0) is 18.2. The van der Waals surface area contributed by atoms with Crippen molar-refractivity contribution in [3.63, 3.8) is 0 Å². The topological polar surface area (TPSA) is 67.4 Å². The van der Waals surface area contributed by atoms with Gasteiger partial charge in [0, 0.05) is 30.3 Å². The summed E-state index contributed by atoms with van der Waals surface area (Å²) in [7, 11) is 0. The molecule has 1 aliphatic carbocycles. The van der Waals surface area contributed by atoms with Crippen LogP contribution in [0.15, 0.2) is 6.20 Å². The first kappa shape index (κ1) is 18.1. The molecule has 3 rings (SSSR count). The molecule has 2 aliphatic rings. The molecule has 1 aliphatic heterocycles. The fourth-order valence-electron chi connectivity index (χ4n) is 3.55. The Kier molecular flexibility index (Phi) is 5.00. The molecule has 0 spiro atoms. The maximum Gasteiger partial charge on any atom is 0.225 e. The highest BCUT2D eigenvalue weighted by Gasteiger charge is 2.30. The first-order chi connectivity index (χ1) is 11.7. The van der Waals surface area contributed by atoms with Crippen LogP contribution in [0.4, 0.5) is 5.95 Å². The number of nitrogens with zero attached hydrogens (tertiary/aromatic N) is 3. The van der Waals surface area contributed by atoms with E-state index < -0.39 is 5.41 Å². The molecule has 1 amide bonds. The highest BCUT2D eigenvalue weighted by Crippen LogP contribution is 2.30. The Balaban J connectivity index is 1.79. The lowest BCUT2D eigenvalue weighted by atomic mass is 9.90. The second kappa shape index (κ2) is 6.90. The van der Waals surface area contributed by atoms with Crippen LogP contribution < -0.4 is 10.2 Å². The van der Waals surface area contributed by atoms with Gasteiger partial charge >= 0.3 is 0 Å². The summed E-state index contributed by atoms with van der Waals surface area (Å²) in [5.41, 5.74) is 1.75. The first-order valence-corrected chi connectivity index (χ1v) is 9.31. The third kappa shape index (κ3) is 4.11. The first-order valence-electron chi connectivity index (χ1n) is 9.31. The third-order valence-corrected chi connectivity index (χ3v) is 4.86. The second-order valence-electron chi connectivity index (χ2n) is 8.40. The Morgan fingerprint density at radius 3 is 2.60 bits per heavy atom. The number of carbonyl (C=O) groups is 1. The van der Waals surface area contributed by atoms with Gasteiger partial charge in [0.1, 0.15) is 0 Å². The average Bonchev–Trinajstić information content (AvgIpc) is 2.52. The van der Waals surface area contributed by atoms with Gasteiger partial charge in [0.25, 0.3) is 0 Å². The van der Waals surface area contributed by atoms with Crippen molar-refractivity contribution >= 4 is 11.9 Å². The van der Waals surface area contributed by atoms with E-state index >= 15 is 0 Å². The Hall–Kier alpha value is -1.69. The zero-order valence-electron chi connectivity index (χ0n) is 16.0. The highest BCUT2D eigenvalue weighted by atomic mass is 16.5. The molecule has 2 heterocycles. The molecular formula is C19H30N4O2. The van der Waals surface area contributed by atoms with Crippen molar-refractivity contribution in [2.45, 2.75) is 72.1 Å². The van der Waals surface area contributed by atoms with Crippen LogP contribution in [0.1, 0.15) is 64.8 Å². The number of rotatable bonds is 2. The minimum absolute atomic E-state index is 0.0204. The van der Waals surface area contributed by atoms with Gasteiger partial charge in [-0.3, -0.25) is 4.79 Å². The van der Waals surface area contributed by atoms with Gasteiger partial charge in [-0.2, -0.15) is 0 Å². The van der Waals surface area contributed by atoms with Crippen LogP contribution in [0.2, 0.25) is 0 Å². The van der Waals surface area contributed by atoms with Crippen molar-refractivity contribution in [1.29, 1.82) is 0 Å². The third-order valence-electron chi connectivity index (χ3n) is 4.86. The number of aromatic nitrogens is 2. The number of morpholine rings is 1. The summed E-state index contributed by atoms with van der Waals surface area (Å²) >= 11 is 0. The molecule has 0 saturated carbocycles. The molecule has 0 aromatic carbocycles. The van der Waals surface area contributed by atoms with E-state index in [0.29, 0.717) is 0 Å². The predicted octanol–water partition coefficient (Wildman–Crippen LogP) is 2.63. The molecule has 138 valence electrons. The molecule has 6 nitrogen and oxygen atoms in total. The average molecular weight is 346 g/mol. The van der Waals surface area contributed by atoms with Crippen LogP contribution >= 0.6 is 0 Å². The second-order valence-corrected chi connectivity index (χ2v) is 8.40. The maximum atomic E-state index is 12.4. The highest BCUT2D eigenvalue weighted by molar-refractivity contribution is 5.81. The van der Waals surface area contributed by atoms with Gasteiger partial charge in [-0.05, 0) is 33.1 Å². The van der Waals surface area contributed by atoms with E-state index in [9.17, 15) is 4.79 Å². The van der Waals surface area contributed by atoms with Crippen LogP contribution in [0, 0.1) is 5.41 Å². The summed E-state index contributed by atoms with van der Waals surface area (Å²) in [6.07, 6.45) is 5.21. The van der Waals surface area contributed by atoms with Crippen LogP contribution in [-0.4, -0.2) is 41.2 Å². The lowest BCUT2D eigenvalue weighted by Crippen LogP contribution is -2.46. The van der Waals surface area contributed by atoms with Gasteiger partial charge in [0.05, 0.1) is 23.9 Å². The Morgan fingerprint density at radius 1 is 1.28 bits per heavy atom. The lowest BCUT2D eigenvalue weighted by Gasteiger charge is -2.36. The van der Waals surface area contributed by atoms with E-state index in [1.54, 1.807) is 0 Å². The number of carbonyl (C=O) groups excluding carboxylic acids is 1. The molecule has 25 heavy (non-hydrogen) atoms. The van der Waals surface area contributed by atoms with Crippen LogP contribution in [0.25, 0.3) is 0 Å². The van der Waals surface area contributed by atoms with E-state index in [-0.39, 0.29) is 24.2 Å². The smallest absolute Gasteiger partial charge is 0.225 e. The van der Waals surface area contributed by atoms with Gasteiger partial charge in [-0.25, -0.2) is 9.97 Å². The Bertz CT molecular complexity index is 631. The summed E-state index contributed by atoms with van der Waals surface area (Å²) in [6, 6.07) is 0.0204. The fraction of sp³-hybridized carbons (Fsp3) is 0.737. The maximum absolute atomic E-state index is 12.4. The summed E-state index contributed by atoms with van der Waals surface area (Å²) in [4.78, 5) is 24.0. The van der Waals surface area contributed by atoms with Crippen LogP contribution in [0.3, 0.4) is 0 Å². The SMILES string of the molecule is C[C@@H]1CN(c2ncc3c(n2)CCC[C@H]3NC(=O)C(C)(C)C)C[C@@H](C)O1. The van der Waals surface area contributed by atoms with E-state index in [4.69, 9.17) is 9.72 Å². The van der Waals surface area contributed by atoms with Crippen molar-refractivity contribution in [2.75, 3.05) is 18.0 Å². The number of fused-ring (bicyclic) bond motifs is 1.